The van der Waals surface area contributed by atoms with Crippen molar-refractivity contribution in [3.8, 4) is 17.0 Å². The number of phenolic OH excluding ortho intramolecular Hbond substituents is 1. The third kappa shape index (κ3) is 3.52. The fraction of sp³-hybridized carbons (Fsp3) is 0.250. The Morgan fingerprint density at radius 2 is 1.77 bits per heavy atom. The van der Waals surface area contributed by atoms with Crippen LogP contribution in [0.4, 0.5) is 5.82 Å². The van der Waals surface area contributed by atoms with Gasteiger partial charge in [0.05, 0.1) is 23.7 Å². The first-order valence-corrected chi connectivity index (χ1v) is 10.3. The molecule has 1 aliphatic carbocycles. The van der Waals surface area contributed by atoms with E-state index in [0.29, 0.717) is 42.8 Å². The molecule has 7 nitrogen and oxygen atoms in total. The summed E-state index contributed by atoms with van der Waals surface area (Å²) in [5.41, 5.74) is 2.45. The molecular weight excluding hydrogens is 394 g/mol. The van der Waals surface area contributed by atoms with Crippen molar-refractivity contribution in [1.82, 2.24) is 9.97 Å². The maximum Gasteiger partial charge on any atom is 0.339 e. The fourth-order valence-corrected chi connectivity index (χ4v) is 4.47. The molecule has 1 spiro atoms. The van der Waals surface area contributed by atoms with E-state index in [9.17, 15) is 14.7 Å². The number of aromatic nitrogens is 2. The molecule has 0 bridgehead atoms. The highest BCUT2D eigenvalue weighted by Gasteiger charge is 2.48. The number of phenols is 1. The molecule has 1 aromatic heterocycles. The van der Waals surface area contributed by atoms with Crippen LogP contribution in [0.15, 0.2) is 60.9 Å². The van der Waals surface area contributed by atoms with Crippen LogP contribution in [0.25, 0.3) is 11.3 Å². The highest BCUT2D eigenvalue weighted by Crippen LogP contribution is 2.48. The molecule has 1 aliphatic heterocycles. The molecule has 2 heterocycles. The second-order valence-corrected chi connectivity index (χ2v) is 8.03. The first-order valence-electron chi connectivity index (χ1n) is 10.3. The quantitative estimate of drug-likeness (QED) is 0.626. The Morgan fingerprint density at radius 3 is 2.48 bits per heavy atom. The van der Waals surface area contributed by atoms with E-state index in [4.69, 9.17) is 4.74 Å². The lowest BCUT2D eigenvalue weighted by molar-refractivity contribution is -0.122. The number of nitrogens with zero attached hydrogens (tertiary/aromatic N) is 2. The summed E-state index contributed by atoms with van der Waals surface area (Å²) in [5, 5.41) is 12.2. The van der Waals surface area contributed by atoms with Crippen molar-refractivity contribution in [1.29, 1.82) is 0 Å². The zero-order valence-corrected chi connectivity index (χ0v) is 16.7. The zero-order valence-electron chi connectivity index (χ0n) is 16.7. The molecule has 2 aliphatic rings. The van der Waals surface area contributed by atoms with Crippen molar-refractivity contribution in [2.24, 2.45) is 5.92 Å². The monoisotopic (exact) mass is 415 g/mol. The Balaban J connectivity index is 1.23. The van der Waals surface area contributed by atoms with Gasteiger partial charge in [-0.3, -0.25) is 9.78 Å². The molecule has 0 atom stereocenters. The molecule has 2 aromatic carbocycles. The second-order valence-electron chi connectivity index (χ2n) is 8.03. The number of rotatable bonds is 3. The van der Waals surface area contributed by atoms with Crippen LogP contribution < -0.4 is 5.32 Å². The maximum atomic E-state index is 12.8. The average Bonchev–Trinajstić information content (AvgIpc) is 3.07. The van der Waals surface area contributed by atoms with Crippen LogP contribution in [0.2, 0.25) is 0 Å². The number of fused-ring (bicyclic) bond motifs is 2. The number of hydrogen-bond donors (Lipinski definition) is 2. The topological polar surface area (TPSA) is 101 Å². The van der Waals surface area contributed by atoms with Gasteiger partial charge >= 0.3 is 5.97 Å². The first kappa shape index (κ1) is 19.2. The number of esters is 1. The Bertz CT molecular complexity index is 1130. The summed E-state index contributed by atoms with van der Waals surface area (Å²) in [7, 11) is 0. The van der Waals surface area contributed by atoms with E-state index in [-0.39, 0.29) is 23.5 Å². The minimum Gasteiger partial charge on any atom is -0.508 e. The molecule has 0 radical (unpaired) electrons. The zero-order chi connectivity index (χ0) is 21.4. The van der Waals surface area contributed by atoms with Crippen molar-refractivity contribution < 1.29 is 19.4 Å². The van der Waals surface area contributed by atoms with Gasteiger partial charge in [0, 0.05) is 17.0 Å². The molecular formula is C24H21N3O4. The van der Waals surface area contributed by atoms with Gasteiger partial charge in [0.25, 0.3) is 0 Å². The highest BCUT2D eigenvalue weighted by atomic mass is 16.6. The van der Waals surface area contributed by atoms with E-state index in [2.05, 4.69) is 15.3 Å². The van der Waals surface area contributed by atoms with Crippen molar-refractivity contribution >= 4 is 17.7 Å². The average molecular weight is 415 g/mol. The third-order valence-electron chi connectivity index (χ3n) is 6.16. The predicted molar refractivity (Wildman–Crippen MR) is 113 cm³/mol. The van der Waals surface area contributed by atoms with Crippen LogP contribution in [-0.2, 0) is 15.1 Å². The normalized spacial score (nSPS) is 22.1. The van der Waals surface area contributed by atoms with Gasteiger partial charge in [0.1, 0.15) is 11.4 Å². The largest absolute Gasteiger partial charge is 0.508 e. The van der Waals surface area contributed by atoms with Crippen LogP contribution in [0.3, 0.4) is 0 Å². The number of aromatic hydroxyl groups is 1. The second kappa shape index (κ2) is 7.50. The molecule has 7 heteroatoms. The lowest BCUT2D eigenvalue weighted by Gasteiger charge is -2.35. The molecule has 1 amide bonds. The van der Waals surface area contributed by atoms with Crippen molar-refractivity contribution in [3.63, 3.8) is 0 Å². The SMILES string of the molecule is O=C1O[C@]2(CC[C@H](C(=O)Nc3cnc(-c4ccc(O)cc4)cn3)CC2)c2ccccc21. The van der Waals surface area contributed by atoms with Crippen molar-refractivity contribution in [3.05, 3.63) is 72.1 Å². The van der Waals surface area contributed by atoms with Crippen LogP contribution in [0, 0.1) is 5.92 Å². The number of carbonyl (C=O) groups excluding carboxylic acids is 2. The standard InChI is InChI=1S/C24H21N3O4/c28-17-7-5-15(6-8-17)20-13-26-21(14-25-20)27-22(29)16-9-11-24(12-10-16)19-4-2-1-3-18(19)23(30)31-24/h1-8,13-14,16,28H,9-12H2,(H,26,27,29)/t16-,24-. The Kier molecular flexibility index (Phi) is 4.66. The number of hydrogen-bond acceptors (Lipinski definition) is 6. The third-order valence-corrected chi connectivity index (χ3v) is 6.16. The van der Waals surface area contributed by atoms with Crippen molar-refractivity contribution in [2.75, 3.05) is 5.32 Å². The first-order chi connectivity index (χ1) is 15.0. The lowest BCUT2D eigenvalue weighted by Crippen LogP contribution is -2.36. The Hall–Kier alpha value is -3.74. The fourth-order valence-electron chi connectivity index (χ4n) is 4.47. The molecule has 2 N–H and O–H groups in total. The molecule has 1 saturated carbocycles. The highest BCUT2D eigenvalue weighted by molar-refractivity contribution is 5.95. The molecule has 3 aromatic rings. The van der Waals surface area contributed by atoms with E-state index in [1.165, 1.54) is 6.20 Å². The number of carbonyl (C=O) groups is 2. The summed E-state index contributed by atoms with van der Waals surface area (Å²) >= 11 is 0. The van der Waals surface area contributed by atoms with E-state index >= 15 is 0 Å². The molecule has 1 fully saturated rings. The minimum atomic E-state index is -0.601. The molecule has 5 rings (SSSR count). The summed E-state index contributed by atoms with van der Waals surface area (Å²) in [4.78, 5) is 33.6. The van der Waals surface area contributed by atoms with Gasteiger partial charge in [-0.25, -0.2) is 9.78 Å². The summed E-state index contributed by atoms with van der Waals surface area (Å²) < 4.78 is 5.76. The van der Waals surface area contributed by atoms with Gasteiger partial charge in [-0.2, -0.15) is 0 Å². The number of benzene rings is 2. The summed E-state index contributed by atoms with van der Waals surface area (Å²) in [6.07, 6.45) is 5.63. The Labute approximate surface area is 179 Å². The number of nitrogens with one attached hydrogen (secondary N) is 1. The predicted octanol–water partition coefficient (Wildman–Crippen LogP) is 4.04. The van der Waals surface area contributed by atoms with Crippen LogP contribution in [0.1, 0.15) is 41.6 Å². The van der Waals surface area contributed by atoms with Gasteiger partial charge in [0.15, 0.2) is 5.82 Å². The lowest BCUT2D eigenvalue weighted by atomic mass is 9.74. The van der Waals surface area contributed by atoms with Crippen LogP contribution in [-0.4, -0.2) is 27.0 Å². The number of amides is 1. The Morgan fingerprint density at radius 1 is 1.03 bits per heavy atom. The van der Waals surface area contributed by atoms with E-state index in [0.717, 1.165) is 11.1 Å². The summed E-state index contributed by atoms with van der Waals surface area (Å²) in [6.45, 7) is 0. The number of ether oxygens (including phenoxy) is 1. The minimum absolute atomic E-state index is 0.0980. The van der Waals surface area contributed by atoms with E-state index in [1.54, 1.807) is 36.5 Å². The van der Waals surface area contributed by atoms with Gasteiger partial charge in [-0.15, -0.1) is 0 Å². The number of anilines is 1. The summed E-state index contributed by atoms with van der Waals surface area (Å²) in [5.74, 6) is 0.0356. The molecule has 156 valence electrons. The van der Waals surface area contributed by atoms with E-state index in [1.807, 2.05) is 18.2 Å². The van der Waals surface area contributed by atoms with Crippen LogP contribution in [0.5, 0.6) is 5.75 Å². The van der Waals surface area contributed by atoms with Gasteiger partial charge < -0.3 is 15.2 Å². The van der Waals surface area contributed by atoms with E-state index < -0.39 is 5.60 Å². The van der Waals surface area contributed by atoms with Crippen LogP contribution >= 0.6 is 0 Å². The molecule has 0 unspecified atom stereocenters. The van der Waals surface area contributed by atoms with Gasteiger partial charge in [0.2, 0.25) is 5.91 Å². The van der Waals surface area contributed by atoms with Gasteiger partial charge in [-0.1, -0.05) is 18.2 Å². The molecule has 0 saturated heterocycles. The van der Waals surface area contributed by atoms with Gasteiger partial charge in [-0.05, 0) is 56.0 Å². The molecule has 31 heavy (non-hydrogen) atoms. The smallest absolute Gasteiger partial charge is 0.339 e. The van der Waals surface area contributed by atoms with Crippen molar-refractivity contribution in [2.45, 2.75) is 31.3 Å². The summed E-state index contributed by atoms with van der Waals surface area (Å²) in [6, 6.07) is 14.2. The maximum absolute atomic E-state index is 12.8.